The monoisotopic (exact) mass is 335 g/mol. The summed E-state index contributed by atoms with van der Waals surface area (Å²) in [6.07, 6.45) is 0. The number of nitrogens with two attached hydrogens (primary N) is 2. The molecule has 0 aliphatic heterocycles. The standard InChI is InChI=1S/C8H10IN5O2/c1-4(15)6-2-5(7(10)16)13-8(12-3-9)14(6)11/h2H,3,11H2,1H3,(H2,10,16). The van der Waals surface area contributed by atoms with Gasteiger partial charge in [-0.15, -0.1) is 0 Å². The molecule has 0 atom stereocenters. The van der Waals surface area contributed by atoms with E-state index in [0.717, 1.165) is 4.68 Å². The third kappa shape index (κ3) is 2.56. The molecule has 1 rings (SSSR count). The van der Waals surface area contributed by atoms with E-state index in [-0.39, 0.29) is 22.8 Å². The Morgan fingerprint density at radius 3 is 2.69 bits per heavy atom. The molecule has 1 heterocycles. The van der Waals surface area contributed by atoms with E-state index in [1.54, 1.807) is 0 Å². The molecular formula is C8H10IN5O2. The van der Waals surface area contributed by atoms with Gasteiger partial charge in [-0.25, -0.2) is 14.7 Å². The van der Waals surface area contributed by atoms with Crippen LogP contribution < -0.4 is 17.2 Å². The molecule has 16 heavy (non-hydrogen) atoms. The first kappa shape index (κ1) is 12.6. The number of aromatic nitrogens is 2. The summed E-state index contributed by atoms with van der Waals surface area (Å²) in [6, 6.07) is 1.25. The van der Waals surface area contributed by atoms with Crippen LogP contribution in [-0.2, 0) is 0 Å². The van der Waals surface area contributed by atoms with Crippen molar-refractivity contribution < 1.29 is 9.59 Å². The Balaban J connectivity index is 3.58. The van der Waals surface area contributed by atoms with Gasteiger partial charge in [-0.2, -0.15) is 0 Å². The van der Waals surface area contributed by atoms with Crippen LogP contribution in [0.1, 0.15) is 27.9 Å². The van der Waals surface area contributed by atoms with E-state index in [2.05, 4.69) is 9.98 Å². The minimum atomic E-state index is -0.729. The maximum atomic E-state index is 11.3. The van der Waals surface area contributed by atoms with Crippen molar-refractivity contribution in [1.29, 1.82) is 0 Å². The van der Waals surface area contributed by atoms with Gasteiger partial charge in [0, 0.05) is 6.92 Å². The van der Waals surface area contributed by atoms with Crippen LogP contribution >= 0.6 is 22.6 Å². The molecule has 0 aliphatic carbocycles. The smallest absolute Gasteiger partial charge is 0.267 e. The predicted molar refractivity (Wildman–Crippen MR) is 65.3 cm³/mol. The summed E-state index contributed by atoms with van der Waals surface area (Å²) in [5.74, 6) is 4.60. The number of nitrogen functional groups attached to an aromatic ring is 1. The van der Waals surface area contributed by atoms with Gasteiger partial charge in [-0.1, -0.05) is 22.6 Å². The summed E-state index contributed by atoms with van der Waals surface area (Å²) in [4.78, 5) is 30.1. The maximum absolute atomic E-state index is 11.3. The van der Waals surface area contributed by atoms with Crippen LogP contribution in [0.2, 0.25) is 0 Å². The van der Waals surface area contributed by atoms with Gasteiger partial charge in [0.15, 0.2) is 5.78 Å². The highest BCUT2D eigenvalue weighted by Crippen LogP contribution is 1.98. The third-order valence-electron chi connectivity index (χ3n) is 1.78. The number of halogens is 1. The van der Waals surface area contributed by atoms with E-state index < -0.39 is 5.91 Å². The Morgan fingerprint density at radius 2 is 2.25 bits per heavy atom. The maximum Gasteiger partial charge on any atom is 0.267 e. The van der Waals surface area contributed by atoms with Crippen LogP contribution in [0.4, 0.5) is 0 Å². The second-order valence-corrected chi connectivity index (χ2v) is 3.58. The number of amides is 1. The summed E-state index contributed by atoms with van der Waals surface area (Å²) in [6.45, 7) is 1.33. The number of alkyl halides is 1. The molecule has 0 spiro atoms. The van der Waals surface area contributed by atoms with Gasteiger partial charge < -0.3 is 11.6 Å². The van der Waals surface area contributed by atoms with E-state index in [9.17, 15) is 9.59 Å². The Bertz CT molecular complexity index is 508. The molecule has 0 aromatic carbocycles. The number of primary amides is 1. The molecule has 0 radical (unpaired) electrons. The number of carbonyl (C=O) groups is 2. The first-order valence-corrected chi connectivity index (χ1v) is 5.76. The largest absolute Gasteiger partial charge is 0.364 e. The normalized spacial score (nSPS) is 11.5. The quantitative estimate of drug-likeness (QED) is 0.247. The average molecular weight is 335 g/mol. The first-order valence-electron chi connectivity index (χ1n) is 4.23. The molecule has 86 valence electrons. The van der Waals surface area contributed by atoms with Crippen LogP contribution in [-0.4, -0.2) is 25.9 Å². The van der Waals surface area contributed by atoms with Crippen LogP contribution in [0.25, 0.3) is 0 Å². The molecule has 8 heteroatoms. The van der Waals surface area contributed by atoms with Gasteiger partial charge in [0.2, 0.25) is 5.62 Å². The lowest BCUT2D eigenvalue weighted by molar-refractivity contribution is 0.0994. The summed E-state index contributed by atoms with van der Waals surface area (Å²) in [7, 11) is 0. The molecule has 0 bridgehead atoms. The Labute approximate surface area is 105 Å². The van der Waals surface area contributed by atoms with E-state index in [0.29, 0.717) is 4.55 Å². The summed E-state index contributed by atoms with van der Waals surface area (Å²) in [5, 5.41) is 0. The second-order valence-electron chi connectivity index (χ2n) is 2.89. The number of hydrogen-bond acceptors (Lipinski definition) is 5. The highest BCUT2D eigenvalue weighted by molar-refractivity contribution is 14.1. The Kier molecular flexibility index (Phi) is 3.99. The molecule has 0 fully saturated rings. The summed E-state index contributed by atoms with van der Waals surface area (Å²) >= 11 is 1.99. The lowest BCUT2D eigenvalue weighted by Gasteiger charge is -2.06. The number of nitrogens with zero attached hydrogens (tertiary/aromatic N) is 3. The number of Topliss-reactive ketones (excluding diaryl/α,β-unsaturated/α-hetero) is 1. The molecule has 1 amide bonds. The van der Waals surface area contributed by atoms with E-state index in [4.69, 9.17) is 11.6 Å². The van der Waals surface area contributed by atoms with E-state index in [1.807, 2.05) is 22.6 Å². The molecule has 1 aromatic rings. The fourth-order valence-corrected chi connectivity index (χ4v) is 1.37. The zero-order valence-electron chi connectivity index (χ0n) is 8.48. The van der Waals surface area contributed by atoms with Crippen LogP contribution in [0.15, 0.2) is 11.1 Å². The molecular weight excluding hydrogens is 325 g/mol. The van der Waals surface area contributed by atoms with Gasteiger partial charge in [0.25, 0.3) is 5.91 Å². The van der Waals surface area contributed by atoms with Gasteiger partial charge in [-0.05, 0) is 6.07 Å². The number of hydrogen-bond donors (Lipinski definition) is 2. The Morgan fingerprint density at radius 1 is 1.62 bits per heavy atom. The van der Waals surface area contributed by atoms with Crippen molar-refractivity contribution in [2.45, 2.75) is 6.92 Å². The fourth-order valence-electron chi connectivity index (χ4n) is 1.06. The molecule has 0 saturated heterocycles. The van der Waals surface area contributed by atoms with Gasteiger partial charge in [0.1, 0.15) is 11.4 Å². The van der Waals surface area contributed by atoms with Crippen molar-refractivity contribution >= 4 is 34.3 Å². The van der Waals surface area contributed by atoms with Gasteiger partial charge >= 0.3 is 0 Å². The minimum absolute atomic E-state index is 0.0319. The summed E-state index contributed by atoms with van der Waals surface area (Å²) < 4.78 is 1.44. The number of carbonyl (C=O) groups excluding carboxylic acids is 2. The minimum Gasteiger partial charge on any atom is -0.364 e. The van der Waals surface area contributed by atoms with Crippen LogP contribution in [0.5, 0.6) is 0 Å². The zero-order valence-corrected chi connectivity index (χ0v) is 10.6. The molecule has 0 unspecified atom stereocenters. The molecule has 1 aromatic heterocycles. The number of ketones is 1. The zero-order chi connectivity index (χ0) is 12.3. The van der Waals surface area contributed by atoms with E-state index in [1.165, 1.54) is 13.0 Å². The first-order chi connectivity index (χ1) is 7.47. The Hall–Kier alpha value is -1.45. The highest BCUT2D eigenvalue weighted by atomic mass is 127. The molecule has 4 N–H and O–H groups in total. The second kappa shape index (κ2) is 5.05. The lowest BCUT2D eigenvalue weighted by Crippen LogP contribution is -2.37. The third-order valence-corrected chi connectivity index (χ3v) is 2.12. The van der Waals surface area contributed by atoms with Crippen LogP contribution in [0, 0.1) is 0 Å². The number of rotatable bonds is 3. The fraction of sp³-hybridized carbons (Fsp3) is 0.250. The van der Waals surface area contributed by atoms with Gasteiger partial charge in [0.05, 0.1) is 4.55 Å². The highest BCUT2D eigenvalue weighted by Gasteiger charge is 2.11. The van der Waals surface area contributed by atoms with Gasteiger partial charge in [-0.3, -0.25) is 9.59 Å². The molecule has 0 saturated carbocycles. The predicted octanol–water partition coefficient (Wildman–Crippen LogP) is -0.808. The lowest BCUT2D eigenvalue weighted by atomic mass is 10.2. The summed E-state index contributed by atoms with van der Waals surface area (Å²) in [5.41, 5.74) is 5.28. The topological polar surface area (TPSA) is 116 Å². The van der Waals surface area contributed by atoms with E-state index >= 15 is 0 Å². The van der Waals surface area contributed by atoms with Crippen LogP contribution in [0.3, 0.4) is 0 Å². The SMILES string of the molecule is CC(=O)c1cc(C(N)=O)nc(=NCI)n1N. The van der Waals surface area contributed by atoms with Crippen molar-refractivity contribution in [1.82, 2.24) is 9.66 Å². The average Bonchev–Trinajstić information content (AvgIpc) is 2.20. The van der Waals surface area contributed by atoms with Crippen molar-refractivity contribution in [3.05, 3.63) is 23.1 Å². The van der Waals surface area contributed by atoms with Crippen molar-refractivity contribution in [2.75, 3.05) is 10.4 Å². The molecule has 0 aliphatic rings. The molecule has 7 nitrogen and oxygen atoms in total. The van der Waals surface area contributed by atoms with Crippen molar-refractivity contribution in [3.63, 3.8) is 0 Å². The van der Waals surface area contributed by atoms with Crippen molar-refractivity contribution in [3.8, 4) is 0 Å². The van der Waals surface area contributed by atoms with Crippen molar-refractivity contribution in [2.24, 2.45) is 10.7 Å².